The van der Waals surface area contributed by atoms with Gasteiger partial charge in [0.05, 0.1) is 12.5 Å². The third-order valence-electron chi connectivity index (χ3n) is 3.74. The Morgan fingerprint density at radius 1 is 1.45 bits per heavy atom. The highest BCUT2D eigenvalue weighted by Crippen LogP contribution is 2.22. The number of nitrogens with zero attached hydrogens (tertiary/aromatic N) is 1. The van der Waals surface area contributed by atoms with Crippen molar-refractivity contribution in [2.24, 2.45) is 0 Å². The molecule has 0 aliphatic rings. The van der Waals surface area contributed by atoms with E-state index in [0.29, 0.717) is 12.0 Å². The quantitative estimate of drug-likeness (QED) is 0.894. The molecule has 104 valence electrons. The van der Waals surface area contributed by atoms with Crippen LogP contribution in [0.5, 0.6) is 0 Å². The van der Waals surface area contributed by atoms with E-state index in [2.05, 4.69) is 16.4 Å². The lowest BCUT2D eigenvalue weighted by Crippen LogP contribution is -2.34. The van der Waals surface area contributed by atoms with E-state index in [4.69, 9.17) is 5.26 Å². The molecule has 1 atom stereocenters. The lowest BCUT2D eigenvalue weighted by Gasteiger charge is -2.13. The first-order chi connectivity index (χ1) is 9.56. The van der Waals surface area contributed by atoms with Crippen LogP contribution in [0.4, 0.5) is 0 Å². The van der Waals surface area contributed by atoms with Crippen LogP contribution in [0.25, 0.3) is 10.9 Å². The Morgan fingerprint density at radius 3 is 2.85 bits per heavy atom. The van der Waals surface area contributed by atoms with Gasteiger partial charge in [0.15, 0.2) is 0 Å². The predicted octanol–water partition coefficient (Wildman–Crippen LogP) is 3.21. The summed E-state index contributed by atoms with van der Waals surface area (Å²) in [7, 11) is 0. The molecule has 0 bridgehead atoms. The number of amides is 1. The molecule has 1 unspecified atom stereocenters. The van der Waals surface area contributed by atoms with Crippen molar-refractivity contribution in [1.29, 1.82) is 5.26 Å². The molecule has 4 nitrogen and oxygen atoms in total. The number of nitriles is 1. The molecule has 0 fully saturated rings. The molecule has 2 N–H and O–H groups in total. The van der Waals surface area contributed by atoms with Gasteiger partial charge in [0.1, 0.15) is 0 Å². The zero-order chi connectivity index (χ0) is 14.7. The largest absolute Gasteiger partial charge is 0.358 e. The molecule has 0 saturated carbocycles. The lowest BCUT2D eigenvalue weighted by molar-refractivity contribution is 0.0937. The van der Waals surface area contributed by atoms with Gasteiger partial charge in [-0.1, -0.05) is 6.92 Å². The summed E-state index contributed by atoms with van der Waals surface area (Å²) in [6, 6.07) is 7.66. The molecule has 20 heavy (non-hydrogen) atoms. The third-order valence-corrected chi connectivity index (χ3v) is 3.74. The van der Waals surface area contributed by atoms with Crippen LogP contribution in [0.15, 0.2) is 18.2 Å². The van der Waals surface area contributed by atoms with Crippen LogP contribution in [-0.2, 0) is 0 Å². The molecule has 1 amide bonds. The number of nitrogens with one attached hydrogen (secondary N) is 2. The van der Waals surface area contributed by atoms with E-state index in [-0.39, 0.29) is 11.9 Å². The number of hydrogen-bond donors (Lipinski definition) is 2. The van der Waals surface area contributed by atoms with Gasteiger partial charge >= 0.3 is 0 Å². The SMILES string of the molecule is CCC(CC#N)NC(=O)c1ccc2[nH]c(C)c(C)c2c1. The number of aromatic amines is 1. The number of fused-ring (bicyclic) bond motifs is 1. The maximum atomic E-state index is 12.2. The first kappa shape index (κ1) is 14.1. The van der Waals surface area contributed by atoms with Gasteiger partial charge in [0.2, 0.25) is 0 Å². The molecule has 0 saturated heterocycles. The lowest BCUT2D eigenvalue weighted by atomic mass is 10.1. The van der Waals surface area contributed by atoms with Crippen LogP contribution in [0.1, 0.15) is 41.4 Å². The predicted molar refractivity (Wildman–Crippen MR) is 79.5 cm³/mol. The van der Waals surface area contributed by atoms with Gasteiger partial charge in [-0.15, -0.1) is 0 Å². The monoisotopic (exact) mass is 269 g/mol. The summed E-state index contributed by atoms with van der Waals surface area (Å²) >= 11 is 0. The standard InChI is InChI=1S/C16H19N3O/c1-4-13(7-8-17)19-16(20)12-5-6-15-14(9-12)10(2)11(3)18-15/h5-6,9,13,18H,4,7H2,1-3H3,(H,19,20). The number of aryl methyl sites for hydroxylation is 2. The van der Waals surface area contributed by atoms with E-state index in [1.54, 1.807) is 0 Å². The Kier molecular flexibility index (Phi) is 4.09. The van der Waals surface area contributed by atoms with Crippen LogP contribution in [0.2, 0.25) is 0 Å². The first-order valence-corrected chi connectivity index (χ1v) is 6.83. The van der Waals surface area contributed by atoms with Crippen molar-refractivity contribution < 1.29 is 4.79 Å². The molecule has 4 heteroatoms. The Bertz CT molecular complexity index is 679. The average molecular weight is 269 g/mol. The number of rotatable bonds is 4. The van der Waals surface area contributed by atoms with Crippen LogP contribution < -0.4 is 5.32 Å². The summed E-state index contributed by atoms with van der Waals surface area (Å²) in [5, 5.41) is 12.7. The molecule has 2 aromatic rings. The average Bonchev–Trinajstić information content (AvgIpc) is 2.73. The van der Waals surface area contributed by atoms with Crippen LogP contribution in [0.3, 0.4) is 0 Å². The van der Waals surface area contributed by atoms with E-state index in [1.165, 1.54) is 5.56 Å². The summed E-state index contributed by atoms with van der Waals surface area (Å²) in [4.78, 5) is 15.5. The van der Waals surface area contributed by atoms with E-state index in [0.717, 1.165) is 23.0 Å². The minimum Gasteiger partial charge on any atom is -0.358 e. The fraction of sp³-hybridized carbons (Fsp3) is 0.375. The Hall–Kier alpha value is -2.28. The molecule has 1 aromatic carbocycles. The van der Waals surface area contributed by atoms with Crippen LogP contribution in [0, 0.1) is 25.2 Å². The van der Waals surface area contributed by atoms with Gasteiger partial charge < -0.3 is 10.3 Å². The van der Waals surface area contributed by atoms with Crippen molar-refractivity contribution >= 4 is 16.8 Å². The number of carbonyl (C=O) groups excluding carboxylic acids is 1. The molecule has 1 aromatic heterocycles. The summed E-state index contributed by atoms with van der Waals surface area (Å²) in [5.74, 6) is -0.118. The zero-order valence-electron chi connectivity index (χ0n) is 12.1. The van der Waals surface area contributed by atoms with E-state index < -0.39 is 0 Å². The van der Waals surface area contributed by atoms with E-state index >= 15 is 0 Å². The Labute approximate surface area is 118 Å². The van der Waals surface area contributed by atoms with Gasteiger partial charge in [-0.2, -0.15) is 5.26 Å². The summed E-state index contributed by atoms with van der Waals surface area (Å²) in [6.45, 7) is 6.03. The first-order valence-electron chi connectivity index (χ1n) is 6.83. The highest BCUT2D eigenvalue weighted by Gasteiger charge is 2.13. The van der Waals surface area contributed by atoms with E-state index in [1.807, 2.05) is 39.0 Å². The van der Waals surface area contributed by atoms with Gasteiger partial charge in [-0.25, -0.2) is 0 Å². The number of aromatic nitrogens is 1. The molecule has 1 heterocycles. The van der Waals surface area contributed by atoms with Crippen molar-refractivity contribution in [2.75, 3.05) is 0 Å². The second-order valence-corrected chi connectivity index (χ2v) is 5.08. The minimum absolute atomic E-state index is 0.0859. The molecule has 2 rings (SSSR count). The number of carbonyl (C=O) groups is 1. The molecule has 0 aliphatic carbocycles. The van der Waals surface area contributed by atoms with Crippen molar-refractivity contribution in [2.45, 2.75) is 39.7 Å². The third kappa shape index (κ3) is 2.67. The number of benzene rings is 1. The van der Waals surface area contributed by atoms with Crippen molar-refractivity contribution in [1.82, 2.24) is 10.3 Å². The fourth-order valence-corrected chi connectivity index (χ4v) is 2.28. The number of hydrogen-bond acceptors (Lipinski definition) is 2. The highest BCUT2D eigenvalue weighted by atomic mass is 16.1. The molecule has 0 spiro atoms. The fourth-order valence-electron chi connectivity index (χ4n) is 2.28. The van der Waals surface area contributed by atoms with E-state index in [9.17, 15) is 4.79 Å². The van der Waals surface area contributed by atoms with Crippen LogP contribution in [-0.4, -0.2) is 16.9 Å². The maximum Gasteiger partial charge on any atom is 0.251 e. The van der Waals surface area contributed by atoms with Crippen molar-refractivity contribution in [3.8, 4) is 6.07 Å². The zero-order valence-corrected chi connectivity index (χ0v) is 12.1. The topological polar surface area (TPSA) is 68.7 Å². The Balaban J connectivity index is 2.26. The van der Waals surface area contributed by atoms with Crippen molar-refractivity contribution in [3.63, 3.8) is 0 Å². The van der Waals surface area contributed by atoms with Gasteiger partial charge in [-0.3, -0.25) is 4.79 Å². The summed E-state index contributed by atoms with van der Waals surface area (Å²) in [5.41, 5.74) is 3.96. The van der Waals surface area contributed by atoms with Gasteiger partial charge in [0, 0.05) is 28.2 Å². The summed E-state index contributed by atoms with van der Waals surface area (Å²) < 4.78 is 0. The smallest absolute Gasteiger partial charge is 0.251 e. The second kappa shape index (κ2) is 5.79. The highest BCUT2D eigenvalue weighted by molar-refractivity contribution is 5.99. The normalized spacial score (nSPS) is 12.1. The van der Waals surface area contributed by atoms with Gasteiger partial charge in [0.25, 0.3) is 5.91 Å². The molecule has 0 aliphatic heterocycles. The molecular formula is C16H19N3O. The number of H-pyrrole nitrogens is 1. The molecular weight excluding hydrogens is 250 g/mol. The molecule has 0 radical (unpaired) electrons. The van der Waals surface area contributed by atoms with Crippen molar-refractivity contribution in [3.05, 3.63) is 35.0 Å². The van der Waals surface area contributed by atoms with Crippen LogP contribution >= 0.6 is 0 Å². The minimum atomic E-state index is -0.118. The second-order valence-electron chi connectivity index (χ2n) is 5.08. The summed E-state index contributed by atoms with van der Waals surface area (Å²) in [6.07, 6.45) is 1.09. The maximum absolute atomic E-state index is 12.2. The Morgan fingerprint density at radius 2 is 2.20 bits per heavy atom. The van der Waals surface area contributed by atoms with Gasteiger partial charge in [-0.05, 0) is 44.0 Å².